The summed E-state index contributed by atoms with van der Waals surface area (Å²) in [4.78, 5) is 14.3. The molecule has 0 aromatic carbocycles. The van der Waals surface area contributed by atoms with Crippen molar-refractivity contribution in [2.24, 2.45) is 11.1 Å². The number of sulfonamides is 1. The quantitative estimate of drug-likeness (QED) is 0.830. The number of nitrogens with zero attached hydrogens (tertiary/aromatic N) is 2. The Bertz CT molecular complexity index is 591. The van der Waals surface area contributed by atoms with E-state index in [-0.39, 0.29) is 10.8 Å². The van der Waals surface area contributed by atoms with Crippen LogP contribution >= 0.6 is 0 Å². The van der Waals surface area contributed by atoms with Gasteiger partial charge in [-0.15, -0.1) is 0 Å². The van der Waals surface area contributed by atoms with Crippen LogP contribution in [-0.4, -0.2) is 36.9 Å². The van der Waals surface area contributed by atoms with Crippen LogP contribution in [-0.2, 0) is 16.6 Å². The first-order chi connectivity index (χ1) is 9.70. The second-order valence-corrected chi connectivity index (χ2v) is 7.10. The van der Waals surface area contributed by atoms with E-state index in [4.69, 9.17) is 5.14 Å². The van der Waals surface area contributed by atoms with Crippen molar-refractivity contribution in [2.45, 2.75) is 45.6 Å². The SMILES string of the molecule is CCCn1cc(S(N)(=O)=O)cc1C(=O)N(CC)CC(C)C. The molecule has 0 spiro atoms. The monoisotopic (exact) mass is 315 g/mol. The van der Waals surface area contributed by atoms with Crippen molar-refractivity contribution in [2.75, 3.05) is 13.1 Å². The molecule has 0 aliphatic rings. The summed E-state index contributed by atoms with van der Waals surface area (Å²) in [6.45, 7) is 9.75. The predicted molar refractivity (Wildman–Crippen MR) is 82.5 cm³/mol. The molecule has 1 aromatic heterocycles. The normalized spacial score (nSPS) is 11.9. The van der Waals surface area contributed by atoms with E-state index < -0.39 is 10.0 Å². The molecule has 0 fully saturated rings. The maximum absolute atomic E-state index is 12.6. The number of aromatic nitrogens is 1. The van der Waals surface area contributed by atoms with Gasteiger partial charge in [-0.1, -0.05) is 20.8 Å². The molecular weight excluding hydrogens is 290 g/mol. The van der Waals surface area contributed by atoms with Crippen LogP contribution < -0.4 is 5.14 Å². The van der Waals surface area contributed by atoms with Crippen LogP contribution in [0.2, 0.25) is 0 Å². The molecule has 0 saturated carbocycles. The molecule has 1 aromatic rings. The first-order valence-corrected chi connectivity index (χ1v) is 8.77. The summed E-state index contributed by atoms with van der Waals surface area (Å²) < 4.78 is 24.6. The molecule has 0 aliphatic heterocycles. The molecule has 1 heterocycles. The predicted octanol–water partition coefficient (Wildman–Crippen LogP) is 1.66. The number of amides is 1. The van der Waals surface area contributed by atoms with Gasteiger partial charge >= 0.3 is 0 Å². The summed E-state index contributed by atoms with van der Waals surface area (Å²) in [5, 5.41) is 5.16. The zero-order valence-electron chi connectivity index (χ0n) is 13.2. The standard InChI is InChI=1S/C14H25N3O3S/c1-5-7-17-10-12(21(15,19)20)8-13(17)14(18)16(6-2)9-11(3)4/h8,10-11H,5-7,9H2,1-4H3,(H2,15,19,20). The molecule has 0 bridgehead atoms. The number of primary sulfonamides is 1. The molecule has 7 heteroatoms. The second kappa shape index (κ2) is 7.09. The number of rotatable bonds is 7. The third-order valence-corrected chi connectivity index (χ3v) is 4.02. The minimum absolute atomic E-state index is 0.0140. The van der Waals surface area contributed by atoms with Crippen LogP contribution in [0.25, 0.3) is 0 Å². The highest BCUT2D eigenvalue weighted by Crippen LogP contribution is 2.16. The van der Waals surface area contributed by atoms with Crippen LogP contribution in [0.1, 0.15) is 44.6 Å². The van der Waals surface area contributed by atoms with Crippen molar-refractivity contribution in [3.8, 4) is 0 Å². The zero-order valence-corrected chi connectivity index (χ0v) is 14.0. The Kier molecular flexibility index (Phi) is 5.98. The van der Waals surface area contributed by atoms with Crippen molar-refractivity contribution in [1.82, 2.24) is 9.47 Å². The molecular formula is C14H25N3O3S. The molecule has 1 amide bonds. The fourth-order valence-corrected chi connectivity index (χ4v) is 2.75. The summed E-state index contributed by atoms with van der Waals surface area (Å²) in [6, 6.07) is 1.37. The minimum Gasteiger partial charge on any atom is -0.342 e. The number of hydrogen-bond acceptors (Lipinski definition) is 3. The van der Waals surface area contributed by atoms with Crippen LogP contribution in [0.15, 0.2) is 17.2 Å². The van der Waals surface area contributed by atoms with Gasteiger partial charge in [0.05, 0.1) is 0 Å². The van der Waals surface area contributed by atoms with Crippen LogP contribution in [0, 0.1) is 5.92 Å². The lowest BCUT2D eigenvalue weighted by Crippen LogP contribution is -2.35. The van der Waals surface area contributed by atoms with Gasteiger partial charge in [-0.25, -0.2) is 13.6 Å². The molecule has 0 saturated heterocycles. The Labute approximate surface area is 127 Å². The fourth-order valence-electron chi connectivity index (χ4n) is 2.20. The third-order valence-electron chi connectivity index (χ3n) is 3.14. The first-order valence-electron chi connectivity index (χ1n) is 7.22. The third kappa shape index (κ3) is 4.57. The highest BCUT2D eigenvalue weighted by molar-refractivity contribution is 7.89. The van der Waals surface area contributed by atoms with Gasteiger partial charge in [0, 0.05) is 25.8 Å². The van der Waals surface area contributed by atoms with E-state index in [2.05, 4.69) is 0 Å². The maximum atomic E-state index is 12.6. The summed E-state index contributed by atoms with van der Waals surface area (Å²) in [5.41, 5.74) is 0.378. The lowest BCUT2D eigenvalue weighted by atomic mass is 10.2. The Morgan fingerprint density at radius 2 is 2.00 bits per heavy atom. The van der Waals surface area contributed by atoms with Gasteiger partial charge in [-0.2, -0.15) is 0 Å². The number of nitrogens with two attached hydrogens (primary N) is 1. The smallest absolute Gasteiger partial charge is 0.270 e. The summed E-state index contributed by atoms with van der Waals surface area (Å²) >= 11 is 0. The highest BCUT2D eigenvalue weighted by atomic mass is 32.2. The van der Waals surface area contributed by atoms with Crippen molar-refractivity contribution >= 4 is 15.9 Å². The second-order valence-electron chi connectivity index (χ2n) is 5.54. The number of carbonyl (C=O) groups excluding carboxylic acids is 1. The molecule has 0 radical (unpaired) electrons. The van der Waals surface area contributed by atoms with Gasteiger partial charge in [-0.3, -0.25) is 4.79 Å². The van der Waals surface area contributed by atoms with E-state index in [1.807, 2.05) is 27.7 Å². The molecule has 120 valence electrons. The molecule has 6 nitrogen and oxygen atoms in total. The van der Waals surface area contributed by atoms with E-state index >= 15 is 0 Å². The largest absolute Gasteiger partial charge is 0.342 e. The lowest BCUT2D eigenvalue weighted by molar-refractivity contribution is 0.0734. The first kappa shape index (κ1) is 17.7. The van der Waals surface area contributed by atoms with Gasteiger partial charge in [-0.05, 0) is 25.3 Å². The van der Waals surface area contributed by atoms with E-state index in [0.717, 1.165) is 6.42 Å². The Balaban J connectivity index is 3.20. The Morgan fingerprint density at radius 3 is 2.43 bits per heavy atom. The number of aryl methyl sites for hydroxylation is 1. The molecule has 0 aliphatic carbocycles. The molecule has 2 N–H and O–H groups in total. The number of hydrogen-bond donors (Lipinski definition) is 1. The Morgan fingerprint density at radius 1 is 1.38 bits per heavy atom. The summed E-state index contributed by atoms with van der Waals surface area (Å²) in [6.07, 6.45) is 2.24. The van der Waals surface area contributed by atoms with Crippen molar-refractivity contribution in [3.63, 3.8) is 0 Å². The van der Waals surface area contributed by atoms with Crippen LogP contribution in [0.3, 0.4) is 0 Å². The van der Waals surface area contributed by atoms with Crippen LogP contribution in [0.4, 0.5) is 0 Å². The average Bonchev–Trinajstić information content (AvgIpc) is 2.79. The summed E-state index contributed by atoms with van der Waals surface area (Å²) in [7, 11) is -3.80. The van der Waals surface area contributed by atoms with Gasteiger partial charge in [0.2, 0.25) is 10.0 Å². The molecule has 1 rings (SSSR count). The van der Waals surface area contributed by atoms with Gasteiger partial charge in [0.25, 0.3) is 5.91 Å². The van der Waals surface area contributed by atoms with Crippen molar-refractivity contribution in [1.29, 1.82) is 0 Å². The Hall–Kier alpha value is -1.34. The minimum atomic E-state index is -3.80. The number of carbonyl (C=O) groups is 1. The fraction of sp³-hybridized carbons (Fsp3) is 0.643. The van der Waals surface area contributed by atoms with E-state index in [0.29, 0.717) is 31.2 Å². The molecule has 21 heavy (non-hydrogen) atoms. The highest BCUT2D eigenvalue weighted by Gasteiger charge is 2.22. The van der Waals surface area contributed by atoms with Gasteiger partial charge < -0.3 is 9.47 Å². The van der Waals surface area contributed by atoms with Gasteiger partial charge in [0.15, 0.2) is 0 Å². The molecule has 0 unspecified atom stereocenters. The van der Waals surface area contributed by atoms with E-state index in [1.165, 1.54) is 12.3 Å². The zero-order chi connectivity index (χ0) is 16.2. The summed E-state index contributed by atoms with van der Waals surface area (Å²) in [5.74, 6) is 0.191. The van der Waals surface area contributed by atoms with E-state index in [9.17, 15) is 13.2 Å². The molecule has 0 atom stereocenters. The van der Waals surface area contributed by atoms with Gasteiger partial charge in [0.1, 0.15) is 10.6 Å². The lowest BCUT2D eigenvalue weighted by Gasteiger charge is -2.23. The van der Waals surface area contributed by atoms with E-state index in [1.54, 1.807) is 9.47 Å². The van der Waals surface area contributed by atoms with Crippen molar-refractivity contribution in [3.05, 3.63) is 18.0 Å². The average molecular weight is 315 g/mol. The van der Waals surface area contributed by atoms with Crippen molar-refractivity contribution < 1.29 is 13.2 Å². The topological polar surface area (TPSA) is 85.4 Å². The maximum Gasteiger partial charge on any atom is 0.270 e. The van der Waals surface area contributed by atoms with Crippen LogP contribution in [0.5, 0.6) is 0 Å².